The first-order valence-corrected chi connectivity index (χ1v) is 9.35. The van der Waals surface area contributed by atoms with Gasteiger partial charge in [-0.3, -0.25) is 0 Å². The van der Waals surface area contributed by atoms with Crippen molar-refractivity contribution in [1.29, 1.82) is 0 Å². The van der Waals surface area contributed by atoms with E-state index >= 15 is 0 Å². The van der Waals surface area contributed by atoms with E-state index in [-0.39, 0.29) is 0 Å². The van der Waals surface area contributed by atoms with Crippen molar-refractivity contribution in [2.24, 2.45) is 0 Å². The van der Waals surface area contributed by atoms with E-state index in [0.717, 1.165) is 28.2 Å². The number of hydrogen-bond acceptors (Lipinski definition) is 6. The number of pyridine rings is 1. The van der Waals surface area contributed by atoms with E-state index in [0.29, 0.717) is 23.5 Å². The van der Waals surface area contributed by atoms with Crippen LogP contribution in [0.5, 0.6) is 5.75 Å². The minimum Gasteiger partial charge on any atom is -0.493 e. The second-order valence-corrected chi connectivity index (χ2v) is 6.67. The average Bonchev–Trinajstić information content (AvgIpc) is 3.28. The number of benzene rings is 1. The summed E-state index contributed by atoms with van der Waals surface area (Å²) in [5.41, 5.74) is 3.90. The van der Waals surface area contributed by atoms with E-state index in [1.165, 1.54) is 11.8 Å². The van der Waals surface area contributed by atoms with Gasteiger partial charge in [0.1, 0.15) is 11.4 Å². The van der Waals surface area contributed by atoms with Crippen LogP contribution in [0.3, 0.4) is 0 Å². The molecule has 0 radical (unpaired) electrons. The Balaban J connectivity index is 1.51. The third-order valence-electron chi connectivity index (χ3n) is 3.90. The summed E-state index contributed by atoms with van der Waals surface area (Å²) >= 11 is 1.47. The van der Waals surface area contributed by atoms with Crippen LogP contribution >= 0.6 is 11.8 Å². The fraction of sp³-hybridized carbons (Fsp3) is 0.211. The number of ether oxygens (including phenoxy) is 1. The summed E-state index contributed by atoms with van der Waals surface area (Å²) in [5.74, 6) is 1.86. The van der Waals surface area contributed by atoms with Gasteiger partial charge in [-0.05, 0) is 37.6 Å². The minimum atomic E-state index is 0.461. The second kappa shape index (κ2) is 7.21. The molecule has 0 spiro atoms. The Morgan fingerprint density at radius 1 is 1.15 bits per heavy atom. The summed E-state index contributed by atoms with van der Waals surface area (Å²) in [6, 6.07) is 11.7. The molecule has 0 N–H and O–H groups in total. The van der Waals surface area contributed by atoms with Gasteiger partial charge in [0.15, 0.2) is 0 Å². The first kappa shape index (κ1) is 16.7. The Morgan fingerprint density at radius 3 is 2.88 bits per heavy atom. The maximum Gasteiger partial charge on any atom is 0.277 e. The molecule has 7 heteroatoms. The van der Waals surface area contributed by atoms with E-state index < -0.39 is 0 Å². The van der Waals surface area contributed by atoms with Crippen LogP contribution in [0.4, 0.5) is 0 Å². The van der Waals surface area contributed by atoms with E-state index in [1.807, 2.05) is 54.0 Å². The molecule has 132 valence electrons. The second-order valence-electron chi connectivity index (χ2n) is 5.75. The lowest BCUT2D eigenvalue weighted by Gasteiger charge is -2.05. The molecule has 6 nitrogen and oxygen atoms in total. The zero-order chi connectivity index (χ0) is 17.9. The smallest absolute Gasteiger partial charge is 0.277 e. The summed E-state index contributed by atoms with van der Waals surface area (Å²) in [6.07, 6.45) is 4.02. The van der Waals surface area contributed by atoms with Gasteiger partial charge in [0.05, 0.1) is 17.9 Å². The summed E-state index contributed by atoms with van der Waals surface area (Å²) < 4.78 is 13.5. The Morgan fingerprint density at radius 2 is 2.04 bits per heavy atom. The molecule has 0 fully saturated rings. The van der Waals surface area contributed by atoms with Gasteiger partial charge in [-0.15, -0.1) is 10.2 Å². The number of thioether (sulfide) groups is 1. The van der Waals surface area contributed by atoms with E-state index in [4.69, 9.17) is 9.15 Å². The highest BCUT2D eigenvalue weighted by Gasteiger charge is 2.14. The van der Waals surface area contributed by atoms with Crippen molar-refractivity contribution in [2.45, 2.75) is 24.8 Å². The number of imidazole rings is 1. The Kier molecular flexibility index (Phi) is 4.62. The van der Waals surface area contributed by atoms with Gasteiger partial charge in [-0.2, -0.15) is 0 Å². The quantitative estimate of drug-likeness (QED) is 0.472. The molecule has 0 saturated carbocycles. The largest absolute Gasteiger partial charge is 0.493 e. The molecule has 0 saturated heterocycles. The molecule has 4 aromatic rings. The van der Waals surface area contributed by atoms with Crippen molar-refractivity contribution in [2.75, 3.05) is 6.61 Å². The van der Waals surface area contributed by atoms with Gasteiger partial charge >= 0.3 is 0 Å². The summed E-state index contributed by atoms with van der Waals surface area (Å²) in [6.45, 7) is 4.59. The van der Waals surface area contributed by atoms with Crippen LogP contribution in [0.2, 0.25) is 0 Å². The van der Waals surface area contributed by atoms with Crippen molar-refractivity contribution < 1.29 is 9.15 Å². The third-order valence-corrected chi connectivity index (χ3v) is 4.75. The van der Waals surface area contributed by atoms with Gasteiger partial charge in [-0.25, -0.2) is 4.98 Å². The zero-order valence-corrected chi connectivity index (χ0v) is 15.4. The van der Waals surface area contributed by atoms with Crippen LogP contribution < -0.4 is 4.74 Å². The predicted molar refractivity (Wildman–Crippen MR) is 100 cm³/mol. The Hall–Kier alpha value is -2.80. The van der Waals surface area contributed by atoms with Crippen molar-refractivity contribution >= 4 is 17.4 Å². The first-order valence-electron chi connectivity index (χ1n) is 8.36. The topological polar surface area (TPSA) is 65.5 Å². The molecular formula is C19H18N4O2S. The Bertz CT molecular complexity index is 1040. The molecule has 1 aromatic carbocycles. The van der Waals surface area contributed by atoms with E-state index in [2.05, 4.69) is 28.2 Å². The first-order chi connectivity index (χ1) is 12.7. The minimum absolute atomic E-state index is 0.461. The van der Waals surface area contributed by atoms with E-state index in [9.17, 15) is 0 Å². The lowest BCUT2D eigenvalue weighted by Crippen LogP contribution is -1.93. The van der Waals surface area contributed by atoms with Crippen LogP contribution in [0.15, 0.2) is 58.4 Å². The molecule has 3 aromatic heterocycles. The van der Waals surface area contributed by atoms with Crippen LogP contribution in [-0.2, 0) is 5.75 Å². The summed E-state index contributed by atoms with van der Waals surface area (Å²) in [5, 5.41) is 8.81. The van der Waals surface area contributed by atoms with Gasteiger partial charge in [-0.1, -0.05) is 30.0 Å². The van der Waals surface area contributed by atoms with Crippen LogP contribution in [0.25, 0.3) is 17.1 Å². The van der Waals surface area contributed by atoms with Crippen molar-refractivity contribution in [3.8, 4) is 17.2 Å². The van der Waals surface area contributed by atoms with Gasteiger partial charge in [0.2, 0.25) is 0 Å². The van der Waals surface area contributed by atoms with Gasteiger partial charge in [0.25, 0.3) is 11.1 Å². The van der Waals surface area contributed by atoms with Crippen LogP contribution in [-0.4, -0.2) is 26.2 Å². The van der Waals surface area contributed by atoms with Crippen LogP contribution in [0.1, 0.15) is 18.2 Å². The maximum atomic E-state index is 5.80. The fourth-order valence-corrected chi connectivity index (χ4v) is 3.36. The standard InChI is InChI=1S/C19H18N4O2S/c1-3-24-16-9-5-4-8-15(16)18-21-22-19(25-18)26-12-14-11-23-10-6-7-13(2)17(23)20-14/h4-11H,3,12H2,1-2H3. The normalized spacial score (nSPS) is 11.2. The molecular weight excluding hydrogens is 348 g/mol. The number of rotatable bonds is 6. The number of aromatic nitrogens is 4. The monoisotopic (exact) mass is 366 g/mol. The highest BCUT2D eigenvalue weighted by molar-refractivity contribution is 7.98. The molecule has 0 aliphatic rings. The molecule has 3 heterocycles. The van der Waals surface area contributed by atoms with Gasteiger partial charge < -0.3 is 13.6 Å². The molecule has 0 atom stereocenters. The molecule has 0 amide bonds. The number of para-hydroxylation sites is 1. The predicted octanol–water partition coefficient (Wildman–Crippen LogP) is 4.38. The van der Waals surface area contributed by atoms with E-state index in [1.54, 1.807) is 0 Å². The van der Waals surface area contributed by atoms with Crippen molar-refractivity contribution in [3.05, 3.63) is 60.0 Å². The molecule has 0 aliphatic carbocycles. The SMILES string of the molecule is CCOc1ccccc1-c1nnc(SCc2cn3cccc(C)c3n2)o1. The highest BCUT2D eigenvalue weighted by atomic mass is 32.2. The maximum absolute atomic E-state index is 5.80. The van der Waals surface area contributed by atoms with Crippen molar-refractivity contribution in [3.63, 3.8) is 0 Å². The molecule has 0 unspecified atom stereocenters. The fourth-order valence-electron chi connectivity index (χ4n) is 2.71. The summed E-state index contributed by atoms with van der Waals surface area (Å²) in [7, 11) is 0. The lowest BCUT2D eigenvalue weighted by atomic mass is 10.2. The zero-order valence-electron chi connectivity index (χ0n) is 14.5. The summed E-state index contributed by atoms with van der Waals surface area (Å²) in [4.78, 5) is 4.66. The number of hydrogen-bond donors (Lipinski definition) is 0. The Labute approximate surface area is 155 Å². The number of aryl methyl sites for hydroxylation is 1. The van der Waals surface area contributed by atoms with Gasteiger partial charge in [0, 0.05) is 18.1 Å². The lowest BCUT2D eigenvalue weighted by molar-refractivity contribution is 0.340. The molecule has 4 rings (SSSR count). The highest BCUT2D eigenvalue weighted by Crippen LogP contribution is 2.31. The van der Waals surface area contributed by atoms with Crippen LogP contribution in [0, 0.1) is 6.92 Å². The van der Waals surface area contributed by atoms with Crippen molar-refractivity contribution in [1.82, 2.24) is 19.6 Å². The third kappa shape index (κ3) is 3.30. The number of fused-ring (bicyclic) bond motifs is 1. The average molecular weight is 366 g/mol. The number of nitrogens with zero attached hydrogens (tertiary/aromatic N) is 4. The molecule has 0 aliphatic heterocycles. The molecule has 0 bridgehead atoms. The molecule has 26 heavy (non-hydrogen) atoms.